The van der Waals surface area contributed by atoms with E-state index < -0.39 is 0 Å². The van der Waals surface area contributed by atoms with Gasteiger partial charge in [0, 0.05) is 29.5 Å². The van der Waals surface area contributed by atoms with E-state index in [1.54, 1.807) is 0 Å². The molecule has 76 valence electrons. The summed E-state index contributed by atoms with van der Waals surface area (Å²) in [5.74, 6) is 0. The molecule has 5 heteroatoms. The minimum atomic E-state index is -0.00583. The molecule has 13 heavy (non-hydrogen) atoms. The van der Waals surface area contributed by atoms with E-state index in [2.05, 4.69) is 24.8 Å². The normalized spacial score (nSPS) is 37.9. The van der Waals surface area contributed by atoms with Crippen LogP contribution in [0.25, 0.3) is 0 Å². The molecule has 1 unspecified atom stereocenters. The Kier molecular flexibility index (Phi) is 4.15. The average molecular weight is 204 g/mol. The van der Waals surface area contributed by atoms with Crippen molar-refractivity contribution in [3.63, 3.8) is 0 Å². The average Bonchev–Trinajstić information content (AvgIpc) is 2.35. The fourth-order valence-electron chi connectivity index (χ4n) is 2.38. The van der Waals surface area contributed by atoms with Gasteiger partial charge in [0.15, 0.2) is 0 Å². The third kappa shape index (κ3) is 2.65. The molecule has 2 bridgehead atoms. The second kappa shape index (κ2) is 4.93. The Balaban J connectivity index is 0.000000251. The lowest BCUT2D eigenvalue weighted by atomic mass is 10.0. The van der Waals surface area contributed by atoms with E-state index in [4.69, 9.17) is 4.91 Å². The summed E-state index contributed by atoms with van der Waals surface area (Å²) >= 11 is 2.86. The molecule has 3 atom stereocenters. The van der Waals surface area contributed by atoms with E-state index in [1.165, 1.54) is 12.8 Å². The maximum atomic E-state index is 9.38. The summed E-state index contributed by atoms with van der Waals surface area (Å²) in [4.78, 5) is 10.9. The molecular weight excluding hydrogens is 188 g/mol. The van der Waals surface area contributed by atoms with Gasteiger partial charge in [-0.1, -0.05) is 0 Å². The van der Waals surface area contributed by atoms with Gasteiger partial charge in [0.25, 0.3) is 0 Å². The number of hydrogen-bond donors (Lipinski definition) is 2. The van der Waals surface area contributed by atoms with Gasteiger partial charge in [-0.2, -0.15) is 0 Å². The number of fused-ring (bicyclic) bond motifs is 2. The summed E-state index contributed by atoms with van der Waals surface area (Å²) in [6.45, 7) is 0. The maximum absolute atomic E-state index is 9.38. The first-order chi connectivity index (χ1) is 6.19. The summed E-state index contributed by atoms with van der Waals surface area (Å²) in [6.07, 6.45) is 4.62. The van der Waals surface area contributed by atoms with Crippen LogP contribution in [-0.4, -0.2) is 35.2 Å². The molecular formula is C8H16N2O2S. The van der Waals surface area contributed by atoms with Crippen LogP contribution in [-0.2, 0) is 0 Å². The van der Waals surface area contributed by atoms with Crippen molar-refractivity contribution in [1.29, 1.82) is 0 Å². The Hall–Kier alpha value is -0.130. The van der Waals surface area contributed by atoms with E-state index in [0.717, 1.165) is 12.8 Å². The first-order valence-electron chi connectivity index (χ1n) is 4.55. The van der Waals surface area contributed by atoms with Crippen molar-refractivity contribution in [3.05, 3.63) is 4.91 Å². The van der Waals surface area contributed by atoms with Crippen LogP contribution in [0.1, 0.15) is 25.7 Å². The van der Waals surface area contributed by atoms with E-state index in [0.29, 0.717) is 12.1 Å². The summed E-state index contributed by atoms with van der Waals surface area (Å²) < 4.78 is 1.94. The summed E-state index contributed by atoms with van der Waals surface area (Å²) in [6, 6.07) is 1.38. The van der Waals surface area contributed by atoms with Crippen molar-refractivity contribution >= 4 is 12.8 Å². The first kappa shape index (κ1) is 10.9. The van der Waals surface area contributed by atoms with Gasteiger partial charge in [0.1, 0.15) is 0 Å². The minimum absolute atomic E-state index is 0.00583. The highest BCUT2D eigenvalue weighted by Gasteiger charge is 2.37. The number of thiol groups is 1. The minimum Gasteiger partial charge on any atom is -0.393 e. The highest BCUT2D eigenvalue weighted by molar-refractivity contribution is 7.78. The Morgan fingerprint density at radius 3 is 2.15 bits per heavy atom. The van der Waals surface area contributed by atoms with E-state index in [9.17, 15) is 5.11 Å². The largest absolute Gasteiger partial charge is 0.393 e. The Bertz CT molecular complexity index is 166. The molecule has 2 aliphatic rings. The second-order valence-electron chi connectivity index (χ2n) is 3.76. The SMILES string of the molecule is CN1[C@@H]2CC[C@H]1CC(O)C2.O=NS. The molecule has 1 N–H and O–H groups in total. The molecule has 0 radical (unpaired) electrons. The zero-order valence-corrected chi connectivity index (χ0v) is 8.65. The predicted molar refractivity (Wildman–Crippen MR) is 54.6 cm³/mol. The van der Waals surface area contributed by atoms with Gasteiger partial charge >= 0.3 is 0 Å². The maximum Gasteiger partial charge on any atom is 0.0570 e. The molecule has 2 heterocycles. The Labute approximate surface area is 83.8 Å². The molecule has 2 rings (SSSR count). The molecule has 2 aliphatic heterocycles. The number of nitrogens with zero attached hydrogens (tertiary/aromatic N) is 2. The smallest absolute Gasteiger partial charge is 0.0570 e. The fourth-order valence-corrected chi connectivity index (χ4v) is 2.38. The van der Waals surface area contributed by atoms with E-state index >= 15 is 0 Å². The van der Waals surface area contributed by atoms with Crippen LogP contribution in [0.15, 0.2) is 4.58 Å². The third-order valence-corrected chi connectivity index (χ3v) is 3.07. The van der Waals surface area contributed by atoms with Gasteiger partial charge in [-0.3, -0.25) is 0 Å². The quantitative estimate of drug-likeness (QED) is 0.460. The number of rotatable bonds is 0. The Morgan fingerprint density at radius 1 is 1.38 bits per heavy atom. The lowest BCUT2D eigenvalue weighted by Crippen LogP contribution is -2.41. The molecule has 0 spiro atoms. The zero-order valence-electron chi connectivity index (χ0n) is 7.76. The Morgan fingerprint density at radius 2 is 1.77 bits per heavy atom. The number of hydrogen-bond acceptors (Lipinski definition) is 4. The molecule has 0 aromatic carbocycles. The van der Waals surface area contributed by atoms with Crippen molar-refractivity contribution in [2.45, 2.75) is 43.9 Å². The lowest BCUT2D eigenvalue weighted by Gasteiger charge is -2.33. The summed E-state index contributed by atoms with van der Waals surface area (Å²) in [5, 5.41) is 9.38. The van der Waals surface area contributed by atoms with Crippen LogP contribution in [0, 0.1) is 4.91 Å². The fraction of sp³-hybridized carbons (Fsp3) is 1.00. The molecule has 0 aromatic heterocycles. The van der Waals surface area contributed by atoms with Crippen LogP contribution >= 0.6 is 12.8 Å². The topological polar surface area (TPSA) is 52.9 Å². The number of nitroso groups, excluding NO2 is 1. The van der Waals surface area contributed by atoms with Crippen LogP contribution in [0.2, 0.25) is 0 Å². The van der Waals surface area contributed by atoms with Crippen molar-refractivity contribution in [3.8, 4) is 0 Å². The van der Waals surface area contributed by atoms with E-state index in [-0.39, 0.29) is 6.10 Å². The molecule has 0 amide bonds. The van der Waals surface area contributed by atoms with Crippen molar-refractivity contribution < 1.29 is 5.11 Å². The molecule has 4 nitrogen and oxygen atoms in total. The molecule has 2 fully saturated rings. The van der Waals surface area contributed by atoms with Gasteiger partial charge < -0.3 is 10.0 Å². The highest BCUT2D eigenvalue weighted by atomic mass is 32.1. The molecule has 0 aliphatic carbocycles. The van der Waals surface area contributed by atoms with Crippen molar-refractivity contribution in [1.82, 2.24) is 4.90 Å². The van der Waals surface area contributed by atoms with Gasteiger partial charge in [-0.05, 0) is 32.7 Å². The van der Waals surface area contributed by atoms with Crippen LogP contribution in [0.4, 0.5) is 0 Å². The summed E-state index contributed by atoms with van der Waals surface area (Å²) in [7, 11) is 2.19. The van der Waals surface area contributed by atoms with Gasteiger partial charge in [0.2, 0.25) is 0 Å². The van der Waals surface area contributed by atoms with Crippen molar-refractivity contribution in [2.24, 2.45) is 4.58 Å². The second-order valence-corrected chi connectivity index (χ2v) is 3.92. The van der Waals surface area contributed by atoms with Gasteiger partial charge in [0.05, 0.1) is 6.10 Å². The monoisotopic (exact) mass is 204 g/mol. The summed E-state index contributed by atoms with van der Waals surface area (Å²) in [5.41, 5.74) is 0. The third-order valence-electron chi connectivity index (χ3n) is 3.07. The standard InChI is InChI=1S/C8H15NO.HNOS/c1-9-6-2-3-7(9)5-8(10)4-6;2-1-3/h6-8,10H,2-5H2,1H3;(H,2,3)/t6-,7+,8?;. The number of piperidine rings is 1. The predicted octanol–water partition coefficient (Wildman–Crippen LogP) is 1.20. The highest BCUT2D eigenvalue weighted by Crippen LogP contribution is 2.33. The van der Waals surface area contributed by atoms with Gasteiger partial charge in [-0.25, -0.2) is 0 Å². The van der Waals surface area contributed by atoms with Gasteiger partial charge in [-0.15, -0.1) is 4.91 Å². The van der Waals surface area contributed by atoms with Crippen LogP contribution in [0.3, 0.4) is 0 Å². The van der Waals surface area contributed by atoms with Crippen molar-refractivity contribution in [2.75, 3.05) is 7.05 Å². The van der Waals surface area contributed by atoms with E-state index in [1.807, 2.05) is 4.58 Å². The number of aliphatic hydroxyl groups excluding tert-OH is 1. The molecule has 0 saturated carbocycles. The first-order valence-corrected chi connectivity index (χ1v) is 4.95. The number of aliphatic hydroxyl groups is 1. The zero-order chi connectivity index (χ0) is 9.84. The lowest BCUT2D eigenvalue weighted by molar-refractivity contribution is 0.0503. The van der Waals surface area contributed by atoms with Crippen LogP contribution in [0.5, 0.6) is 0 Å². The molecule has 2 saturated heterocycles. The van der Waals surface area contributed by atoms with Crippen LogP contribution < -0.4 is 0 Å². The molecule has 0 aromatic rings.